The van der Waals surface area contributed by atoms with E-state index in [1.165, 1.54) is 0 Å². The van der Waals surface area contributed by atoms with Gasteiger partial charge >= 0.3 is 0 Å². The minimum atomic E-state index is -0.0917. The maximum Gasteiger partial charge on any atom is 0.253 e. The number of amides is 2. The Bertz CT molecular complexity index is 1240. The number of aromatic nitrogens is 3. The van der Waals surface area contributed by atoms with Crippen LogP contribution in [0.4, 0.5) is 0 Å². The predicted molar refractivity (Wildman–Crippen MR) is 122 cm³/mol. The van der Waals surface area contributed by atoms with E-state index in [1.807, 2.05) is 58.0 Å². The third-order valence-electron chi connectivity index (χ3n) is 5.91. The van der Waals surface area contributed by atoms with Crippen molar-refractivity contribution < 1.29 is 9.59 Å². The van der Waals surface area contributed by atoms with Crippen molar-refractivity contribution in [2.75, 3.05) is 13.1 Å². The van der Waals surface area contributed by atoms with Crippen molar-refractivity contribution in [2.45, 2.75) is 18.9 Å². The van der Waals surface area contributed by atoms with Gasteiger partial charge in [-0.1, -0.05) is 12.1 Å². The van der Waals surface area contributed by atoms with E-state index in [4.69, 9.17) is 0 Å². The molecule has 0 radical (unpaired) electrons. The van der Waals surface area contributed by atoms with Crippen molar-refractivity contribution in [2.24, 2.45) is 0 Å². The Kier molecular flexibility index (Phi) is 5.37. The van der Waals surface area contributed by atoms with Crippen LogP contribution in [0, 0.1) is 0 Å². The number of likely N-dealkylation sites (tertiary alicyclic amines) is 1. The van der Waals surface area contributed by atoms with Crippen LogP contribution in [0.2, 0.25) is 0 Å². The number of hydrogen-bond donors (Lipinski definition) is 1. The summed E-state index contributed by atoms with van der Waals surface area (Å²) in [5.41, 5.74) is 4.18. The van der Waals surface area contributed by atoms with Crippen LogP contribution in [0.1, 0.15) is 33.6 Å². The Labute approximate surface area is 185 Å². The zero-order valence-electron chi connectivity index (χ0n) is 17.5. The maximum absolute atomic E-state index is 12.7. The number of fused-ring (bicyclic) bond motifs is 1. The summed E-state index contributed by atoms with van der Waals surface area (Å²) in [4.78, 5) is 35.5. The Morgan fingerprint density at radius 2 is 1.59 bits per heavy atom. The number of nitrogens with one attached hydrogen (secondary N) is 1. The van der Waals surface area contributed by atoms with Crippen LogP contribution in [0.25, 0.3) is 16.7 Å². The molecule has 7 heteroatoms. The molecule has 1 fully saturated rings. The number of nitrogens with zero attached hydrogens (tertiary/aromatic N) is 4. The van der Waals surface area contributed by atoms with Gasteiger partial charge in [0, 0.05) is 48.3 Å². The van der Waals surface area contributed by atoms with E-state index in [9.17, 15) is 9.59 Å². The molecule has 32 heavy (non-hydrogen) atoms. The van der Waals surface area contributed by atoms with Crippen molar-refractivity contribution in [1.29, 1.82) is 0 Å². The van der Waals surface area contributed by atoms with Gasteiger partial charge in [0.1, 0.15) is 6.33 Å². The highest BCUT2D eigenvalue weighted by Crippen LogP contribution is 2.19. The Morgan fingerprint density at radius 1 is 0.875 bits per heavy atom. The highest BCUT2D eigenvalue weighted by atomic mass is 16.2. The Hall–Kier alpha value is -4.00. The summed E-state index contributed by atoms with van der Waals surface area (Å²) in [6.45, 7) is 1.25. The summed E-state index contributed by atoms with van der Waals surface area (Å²) in [7, 11) is 0. The van der Waals surface area contributed by atoms with Crippen molar-refractivity contribution in [3.8, 4) is 5.69 Å². The highest BCUT2D eigenvalue weighted by Gasteiger charge is 2.24. The molecule has 160 valence electrons. The lowest BCUT2D eigenvalue weighted by atomic mass is 10.0. The van der Waals surface area contributed by atoms with Crippen LogP contribution < -0.4 is 5.32 Å². The van der Waals surface area contributed by atoms with Gasteiger partial charge in [-0.3, -0.25) is 19.1 Å². The molecule has 7 nitrogen and oxygen atoms in total. The van der Waals surface area contributed by atoms with E-state index < -0.39 is 0 Å². The summed E-state index contributed by atoms with van der Waals surface area (Å²) >= 11 is 0. The molecule has 1 aliphatic heterocycles. The van der Waals surface area contributed by atoms with E-state index in [-0.39, 0.29) is 17.9 Å². The van der Waals surface area contributed by atoms with Gasteiger partial charge in [-0.15, -0.1) is 0 Å². The quantitative estimate of drug-likeness (QED) is 0.543. The lowest BCUT2D eigenvalue weighted by molar-refractivity contribution is 0.0698. The summed E-state index contributed by atoms with van der Waals surface area (Å²) in [5.74, 6) is -0.0780. The topological polar surface area (TPSA) is 80.1 Å². The molecule has 0 unspecified atom stereocenters. The molecular formula is C25H23N5O2. The largest absolute Gasteiger partial charge is 0.349 e. The van der Waals surface area contributed by atoms with Gasteiger partial charge in [0.05, 0.1) is 11.0 Å². The fraction of sp³-hybridized carbons (Fsp3) is 0.200. The number of para-hydroxylation sites is 2. The SMILES string of the molecule is O=C(NC1CCN(C(=O)c2ccncc2)CC1)c1ccc(-n2cnc3ccccc32)cc1. The Morgan fingerprint density at radius 3 is 2.34 bits per heavy atom. The number of benzene rings is 2. The van der Waals surface area contributed by atoms with E-state index in [0.29, 0.717) is 24.2 Å². The molecule has 5 rings (SSSR count). The second kappa shape index (κ2) is 8.63. The average molecular weight is 425 g/mol. The van der Waals surface area contributed by atoms with Crippen molar-refractivity contribution >= 4 is 22.8 Å². The first-order valence-electron chi connectivity index (χ1n) is 10.7. The first-order chi connectivity index (χ1) is 15.7. The summed E-state index contributed by atoms with van der Waals surface area (Å²) in [5, 5.41) is 3.11. The van der Waals surface area contributed by atoms with Gasteiger partial charge in [0.2, 0.25) is 0 Å². The summed E-state index contributed by atoms with van der Waals surface area (Å²) in [6.07, 6.45) is 6.52. The van der Waals surface area contributed by atoms with Crippen molar-refractivity contribution in [3.05, 3.63) is 90.5 Å². The van der Waals surface area contributed by atoms with Gasteiger partial charge in [-0.2, -0.15) is 0 Å². The number of pyridine rings is 1. The third kappa shape index (κ3) is 3.97. The molecule has 0 aliphatic carbocycles. The highest BCUT2D eigenvalue weighted by molar-refractivity contribution is 5.95. The molecule has 0 atom stereocenters. The molecule has 1 aliphatic rings. The van der Waals surface area contributed by atoms with Gasteiger partial charge in [0.15, 0.2) is 0 Å². The van der Waals surface area contributed by atoms with Gasteiger partial charge in [0.25, 0.3) is 11.8 Å². The fourth-order valence-corrected chi connectivity index (χ4v) is 4.11. The fourth-order valence-electron chi connectivity index (χ4n) is 4.11. The van der Waals surface area contributed by atoms with Crippen LogP contribution >= 0.6 is 0 Å². The minimum absolute atomic E-state index is 0.0137. The predicted octanol–water partition coefficient (Wildman–Crippen LogP) is 3.46. The zero-order chi connectivity index (χ0) is 21.9. The number of hydrogen-bond acceptors (Lipinski definition) is 4. The smallest absolute Gasteiger partial charge is 0.253 e. The number of carbonyl (C=O) groups excluding carboxylic acids is 2. The molecule has 2 aromatic heterocycles. The molecule has 0 spiro atoms. The number of piperidine rings is 1. The molecular weight excluding hydrogens is 402 g/mol. The first-order valence-corrected chi connectivity index (χ1v) is 10.7. The van der Waals surface area contributed by atoms with Crippen molar-refractivity contribution in [1.82, 2.24) is 24.8 Å². The van der Waals surface area contributed by atoms with E-state index >= 15 is 0 Å². The van der Waals surface area contributed by atoms with E-state index in [0.717, 1.165) is 29.6 Å². The number of rotatable bonds is 4. The summed E-state index contributed by atoms with van der Waals surface area (Å²) < 4.78 is 2.01. The van der Waals surface area contributed by atoms with E-state index in [1.54, 1.807) is 30.9 Å². The number of imidazole rings is 1. The molecule has 0 bridgehead atoms. The maximum atomic E-state index is 12.7. The monoisotopic (exact) mass is 425 g/mol. The van der Waals surface area contributed by atoms with Crippen molar-refractivity contribution in [3.63, 3.8) is 0 Å². The molecule has 0 saturated carbocycles. The Balaban J connectivity index is 1.19. The third-order valence-corrected chi connectivity index (χ3v) is 5.91. The van der Waals surface area contributed by atoms with Crippen LogP contribution in [-0.2, 0) is 0 Å². The standard InChI is InChI=1S/C25H23N5O2/c31-24(28-20-11-15-29(16-12-20)25(32)19-9-13-26-14-10-19)18-5-7-21(8-6-18)30-17-27-22-3-1-2-4-23(22)30/h1-10,13-14,17,20H,11-12,15-16H2,(H,28,31). The van der Waals surface area contributed by atoms with E-state index in [2.05, 4.69) is 15.3 Å². The molecule has 1 saturated heterocycles. The molecule has 3 heterocycles. The molecule has 4 aromatic rings. The van der Waals surface area contributed by atoms with Gasteiger partial charge < -0.3 is 10.2 Å². The van der Waals surface area contributed by atoms with Gasteiger partial charge in [-0.05, 0) is 61.4 Å². The second-order valence-corrected chi connectivity index (χ2v) is 7.93. The zero-order valence-corrected chi connectivity index (χ0v) is 17.5. The van der Waals surface area contributed by atoms with Crippen LogP contribution in [0.5, 0.6) is 0 Å². The molecule has 2 amide bonds. The first kappa shape index (κ1) is 19.9. The van der Waals surface area contributed by atoms with Crippen LogP contribution in [0.15, 0.2) is 79.4 Å². The van der Waals surface area contributed by atoms with Crippen LogP contribution in [0.3, 0.4) is 0 Å². The summed E-state index contributed by atoms with van der Waals surface area (Å²) in [6, 6.07) is 19.0. The second-order valence-electron chi connectivity index (χ2n) is 7.93. The lowest BCUT2D eigenvalue weighted by Gasteiger charge is -2.32. The number of carbonyl (C=O) groups is 2. The van der Waals surface area contributed by atoms with Crippen LogP contribution in [-0.4, -0.2) is 50.4 Å². The lowest BCUT2D eigenvalue weighted by Crippen LogP contribution is -2.46. The van der Waals surface area contributed by atoms with Gasteiger partial charge in [-0.25, -0.2) is 4.98 Å². The average Bonchev–Trinajstić information content (AvgIpc) is 3.29. The molecule has 1 N–H and O–H groups in total. The normalized spacial score (nSPS) is 14.4. The minimum Gasteiger partial charge on any atom is -0.349 e. The molecule has 2 aromatic carbocycles.